The summed E-state index contributed by atoms with van der Waals surface area (Å²) in [6.45, 7) is 5.90. The first-order chi connectivity index (χ1) is 19.8. The van der Waals surface area contributed by atoms with Gasteiger partial charge in [-0.05, 0) is 43.6 Å². The number of hydrogen-bond donors (Lipinski definition) is 3. The number of carboxylic acid groups (broad SMARTS) is 1. The van der Waals surface area contributed by atoms with Crippen LogP contribution in [0.4, 0.5) is 5.69 Å². The first kappa shape index (κ1) is 30.3. The number of fused-ring (bicyclic) bond motifs is 2. The first-order valence-electron chi connectivity index (χ1n) is 14.2. The second-order valence-electron chi connectivity index (χ2n) is 11.9. The highest BCUT2D eigenvalue weighted by Gasteiger charge is 2.69. The van der Waals surface area contributed by atoms with Crippen LogP contribution in [0.2, 0.25) is 0 Å². The summed E-state index contributed by atoms with van der Waals surface area (Å²) >= 11 is 0. The number of hydrogen-bond acceptors (Lipinski definition) is 11. The fourth-order valence-electron chi connectivity index (χ4n) is 6.95. The number of aliphatic carboxylic acids is 1. The molecule has 4 saturated heterocycles. The molecule has 14 nitrogen and oxygen atoms in total. The van der Waals surface area contributed by atoms with Crippen LogP contribution in [0.15, 0.2) is 24.3 Å². The summed E-state index contributed by atoms with van der Waals surface area (Å²) in [4.78, 5) is 59.3. The maximum atomic E-state index is 12.8. The van der Waals surface area contributed by atoms with Gasteiger partial charge in [-0.25, -0.2) is 14.6 Å². The number of nitrogens with one attached hydrogen (secondary N) is 1. The average molecular weight is 593 g/mol. The topological polar surface area (TPSA) is 193 Å². The lowest BCUT2D eigenvalue weighted by atomic mass is 9.58. The van der Waals surface area contributed by atoms with E-state index in [0.717, 1.165) is 25.3 Å². The molecule has 1 amide bonds. The number of esters is 1. The minimum atomic E-state index is -1.80. The monoisotopic (exact) mass is 592 g/mol. The number of aliphatic hydroxyl groups excluding tert-OH is 1. The molecule has 1 aromatic carbocycles. The van der Waals surface area contributed by atoms with Crippen LogP contribution in [0.1, 0.15) is 71.0 Å². The standard InChI is InChI=1S/C28H36N2O12/c1-14-7-8-19-15(2)25(39-26-28(19)18(14)11-12-27(3,40-26)41-42-28)38-21(32)10-9-20(31)29-22(24(34)35)23(33)16-5-4-6-17(13-16)30(36)37/h4-6,13-15,18-19,22-23,25-26,33H,7-12H2,1-3H3,(H,29,31)(H,34,35)/t14-,15-,18+,19+,22+,23-,25-,26-,27-,28+/m1/s1. The molecule has 0 aromatic heterocycles. The molecule has 5 aliphatic rings. The lowest BCUT2D eigenvalue weighted by Gasteiger charge is -2.59. The lowest BCUT2D eigenvalue weighted by Crippen LogP contribution is -2.70. The van der Waals surface area contributed by atoms with E-state index >= 15 is 0 Å². The number of aliphatic hydroxyl groups is 1. The molecule has 2 bridgehead atoms. The van der Waals surface area contributed by atoms with Crippen molar-refractivity contribution in [1.29, 1.82) is 0 Å². The van der Waals surface area contributed by atoms with Crippen LogP contribution in [-0.4, -0.2) is 63.0 Å². The van der Waals surface area contributed by atoms with E-state index in [4.69, 9.17) is 24.0 Å². The first-order valence-corrected chi connectivity index (χ1v) is 14.2. The molecule has 0 unspecified atom stereocenters. The Kier molecular flexibility index (Phi) is 8.29. The molecule has 0 radical (unpaired) electrons. The molecular weight excluding hydrogens is 556 g/mol. The van der Waals surface area contributed by atoms with Crippen LogP contribution in [0.5, 0.6) is 0 Å². The summed E-state index contributed by atoms with van der Waals surface area (Å²) in [6, 6.07) is 3.01. The van der Waals surface area contributed by atoms with Gasteiger partial charge in [0.2, 0.25) is 18.0 Å². The van der Waals surface area contributed by atoms with Gasteiger partial charge in [-0.15, -0.1) is 0 Å². The van der Waals surface area contributed by atoms with E-state index in [1.54, 1.807) is 6.92 Å². The zero-order valence-electron chi connectivity index (χ0n) is 23.6. The maximum absolute atomic E-state index is 12.8. The number of nitro benzene ring substituents is 1. The molecule has 1 aromatic rings. The third-order valence-electron chi connectivity index (χ3n) is 9.22. The van der Waals surface area contributed by atoms with Crippen molar-refractivity contribution in [1.82, 2.24) is 5.32 Å². The Morgan fingerprint density at radius 1 is 1.17 bits per heavy atom. The lowest BCUT2D eigenvalue weighted by molar-refractivity contribution is -0.576. The molecule has 230 valence electrons. The number of amides is 1. The Hall–Kier alpha value is -3.17. The Balaban J connectivity index is 1.20. The van der Waals surface area contributed by atoms with Crippen LogP contribution in [0.25, 0.3) is 0 Å². The van der Waals surface area contributed by atoms with Crippen LogP contribution in [0, 0.1) is 33.8 Å². The molecular formula is C28H36N2O12. The van der Waals surface area contributed by atoms with Gasteiger partial charge in [0.25, 0.3) is 5.69 Å². The van der Waals surface area contributed by atoms with Gasteiger partial charge < -0.3 is 29.7 Å². The van der Waals surface area contributed by atoms with Gasteiger partial charge >= 0.3 is 11.9 Å². The molecule has 6 rings (SSSR count). The summed E-state index contributed by atoms with van der Waals surface area (Å²) in [7, 11) is 0. The highest BCUT2D eigenvalue weighted by atomic mass is 17.3. The summed E-state index contributed by atoms with van der Waals surface area (Å²) in [5.74, 6) is -3.90. The van der Waals surface area contributed by atoms with Gasteiger partial charge in [0.05, 0.1) is 11.3 Å². The van der Waals surface area contributed by atoms with E-state index in [-0.39, 0.29) is 35.4 Å². The molecule has 4 aliphatic heterocycles. The van der Waals surface area contributed by atoms with E-state index in [1.165, 1.54) is 18.2 Å². The van der Waals surface area contributed by atoms with Crippen LogP contribution < -0.4 is 5.32 Å². The van der Waals surface area contributed by atoms with Crippen molar-refractivity contribution in [3.05, 3.63) is 39.9 Å². The Labute approximate surface area is 241 Å². The predicted molar refractivity (Wildman–Crippen MR) is 140 cm³/mol. The number of carbonyl (C=O) groups excluding carboxylic acids is 2. The molecule has 3 N–H and O–H groups in total. The van der Waals surface area contributed by atoms with Crippen molar-refractivity contribution in [2.24, 2.45) is 23.7 Å². The number of carboxylic acids is 1. The maximum Gasteiger partial charge on any atom is 0.329 e. The van der Waals surface area contributed by atoms with Crippen molar-refractivity contribution in [3.63, 3.8) is 0 Å². The van der Waals surface area contributed by atoms with E-state index < -0.39 is 65.3 Å². The normalized spacial score (nSPS) is 36.6. The molecule has 4 heterocycles. The second-order valence-corrected chi connectivity index (χ2v) is 11.9. The van der Waals surface area contributed by atoms with E-state index in [2.05, 4.69) is 12.2 Å². The fraction of sp³-hybridized carbons (Fsp3) is 0.679. The van der Waals surface area contributed by atoms with Crippen LogP contribution >= 0.6 is 0 Å². The third kappa shape index (κ3) is 5.49. The van der Waals surface area contributed by atoms with Crippen LogP contribution in [0.3, 0.4) is 0 Å². The fourth-order valence-corrected chi connectivity index (χ4v) is 6.95. The molecule has 42 heavy (non-hydrogen) atoms. The highest BCUT2D eigenvalue weighted by molar-refractivity contribution is 5.86. The minimum Gasteiger partial charge on any atom is -0.480 e. The van der Waals surface area contributed by atoms with Crippen LogP contribution in [-0.2, 0) is 38.4 Å². The zero-order valence-corrected chi connectivity index (χ0v) is 23.6. The van der Waals surface area contributed by atoms with E-state index in [0.29, 0.717) is 12.3 Å². The van der Waals surface area contributed by atoms with Crippen molar-refractivity contribution < 1.29 is 53.5 Å². The summed E-state index contributed by atoms with van der Waals surface area (Å²) in [5.41, 5.74) is -1.22. The van der Waals surface area contributed by atoms with Gasteiger partial charge in [-0.2, -0.15) is 0 Å². The molecule has 1 saturated carbocycles. The number of nitro groups is 1. The number of rotatable bonds is 9. The quantitative estimate of drug-likeness (QED) is 0.165. The van der Waals surface area contributed by atoms with Gasteiger partial charge in [-0.3, -0.25) is 19.7 Å². The third-order valence-corrected chi connectivity index (χ3v) is 9.22. The van der Waals surface area contributed by atoms with E-state index in [9.17, 15) is 34.7 Å². The molecule has 14 heteroatoms. The Morgan fingerprint density at radius 3 is 2.64 bits per heavy atom. The molecule has 10 atom stereocenters. The Morgan fingerprint density at radius 2 is 1.93 bits per heavy atom. The average Bonchev–Trinajstić information content (AvgIpc) is 3.18. The largest absolute Gasteiger partial charge is 0.480 e. The highest BCUT2D eigenvalue weighted by Crippen LogP contribution is 2.60. The molecule has 5 fully saturated rings. The number of ether oxygens (including phenoxy) is 3. The summed E-state index contributed by atoms with van der Waals surface area (Å²) in [6.07, 6.45) is -1.06. The van der Waals surface area contributed by atoms with Crippen molar-refractivity contribution in [2.45, 2.75) is 95.4 Å². The zero-order chi connectivity index (χ0) is 30.4. The number of nitrogens with zero attached hydrogens (tertiary/aromatic N) is 1. The Bertz CT molecular complexity index is 1240. The van der Waals surface area contributed by atoms with Gasteiger partial charge in [0.15, 0.2) is 17.9 Å². The second kappa shape index (κ2) is 11.5. The van der Waals surface area contributed by atoms with Gasteiger partial charge in [0.1, 0.15) is 6.10 Å². The predicted octanol–water partition coefficient (Wildman–Crippen LogP) is 2.73. The van der Waals surface area contributed by atoms with Crippen molar-refractivity contribution in [2.75, 3.05) is 0 Å². The number of carbonyl (C=O) groups is 3. The summed E-state index contributed by atoms with van der Waals surface area (Å²) in [5, 5.41) is 33.3. The van der Waals surface area contributed by atoms with Gasteiger partial charge in [0, 0.05) is 36.8 Å². The molecule has 1 aliphatic carbocycles. The van der Waals surface area contributed by atoms with Crippen molar-refractivity contribution in [3.8, 4) is 0 Å². The van der Waals surface area contributed by atoms with Crippen molar-refractivity contribution >= 4 is 23.5 Å². The van der Waals surface area contributed by atoms with Gasteiger partial charge in [-0.1, -0.05) is 26.0 Å². The van der Waals surface area contributed by atoms with E-state index in [1.807, 2.05) is 6.92 Å². The number of non-ortho nitro benzene ring substituents is 1. The number of benzene rings is 1. The minimum absolute atomic E-state index is 0.0606. The molecule has 1 spiro atoms. The summed E-state index contributed by atoms with van der Waals surface area (Å²) < 4.78 is 18.1. The SMILES string of the molecule is C[C@H]1[C@H](OC(=O)CCC(=O)N[C@H](C(=O)O)[C@H](O)c2cccc([N+](=O)[O-])c2)O[C@@H]2O[C@@]3(C)CC[C@H]4[C@H](C)CC[C@@H]1[C@]24OO3. The smallest absolute Gasteiger partial charge is 0.329 e.